The summed E-state index contributed by atoms with van der Waals surface area (Å²) in [6.07, 6.45) is 6.87. The molecule has 6 rings (SSSR count). The molecule has 4 aliphatic rings. The van der Waals surface area contributed by atoms with Gasteiger partial charge >= 0.3 is 0 Å². The highest BCUT2D eigenvalue weighted by Crippen LogP contribution is 2.49. The van der Waals surface area contributed by atoms with E-state index in [4.69, 9.17) is 4.74 Å². The second-order valence-corrected chi connectivity index (χ2v) is 10.0. The lowest BCUT2D eigenvalue weighted by atomic mass is 9.78. The molecule has 5 nitrogen and oxygen atoms in total. The number of fused-ring (bicyclic) bond motifs is 3. The Bertz CT molecular complexity index is 1060. The van der Waals surface area contributed by atoms with Crippen molar-refractivity contribution in [3.8, 4) is 5.75 Å². The second-order valence-electron chi connectivity index (χ2n) is 10.0. The average Bonchev–Trinajstić information content (AvgIpc) is 3.44. The quantitative estimate of drug-likeness (QED) is 0.763. The van der Waals surface area contributed by atoms with E-state index in [1.165, 1.54) is 19.3 Å². The molecule has 1 heterocycles. The number of benzene rings is 2. The number of hydrogen-bond acceptors (Lipinski definition) is 3. The lowest BCUT2D eigenvalue weighted by Gasteiger charge is -2.42. The fourth-order valence-electron chi connectivity index (χ4n) is 6.46. The zero-order chi connectivity index (χ0) is 21.8. The van der Waals surface area contributed by atoms with Gasteiger partial charge in [0.2, 0.25) is 5.91 Å². The predicted molar refractivity (Wildman–Crippen MR) is 121 cm³/mol. The zero-order valence-electron chi connectivity index (χ0n) is 18.5. The van der Waals surface area contributed by atoms with E-state index in [1.54, 1.807) is 7.11 Å². The fourth-order valence-corrected chi connectivity index (χ4v) is 6.46. The van der Waals surface area contributed by atoms with Crippen LogP contribution in [0.4, 0.5) is 0 Å². The number of rotatable bonds is 5. The van der Waals surface area contributed by atoms with Crippen LogP contribution in [0.25, 0.3) is 0 Å². The van der Waals surface area contributed by atoms with Gasteiger partial charge in [-0.3, -0.25) is 9.59 Å². The summed E-state index contributed by atoms with van der Waals surface area (Å²) < 4.78 is 5.49. The summed E-state index contributed by atoms with van der Waals surface area (Å²) in [5.41, 5.74) is 2.49. The van der Waals surface area contributed by atoms with E-state index in [9.17, 15) is 9.59 Å². The van der Waals surface area contributed by atoms with Crippen molar-refractivity contribution in [1.29, 1.82) is 0 Å². The van der Waals surface area contributed by atoms with Crippen molar-refractivity contribution < 1.29 is 14.3 Å². The van der Waals surface area contributed by atoms with Gasteiger partial charge in [-0.1, -0.05) is 36.8 Å². The Kier molecular flexibility index (Phi) is 4.74. The Morgan fingerprint density at radius 2 is 1.88 bits per heavy atom. The van der Waals surface area contributed by atoms with E-state index in [0.29, 0.717) is 11.5 Å². The average molecular weight is 431 g/mol. The maximum atomic E-state index is 13.9. The van der Waals surface area contributed by atoms with Crippen LogP contribution in [0.15, 0.2) is 48.5 Å². The smallest absolute Gasteiger partial charge is 0.254 e. The van der Waals surface area contributed by atoms with Crippen LogP contribution >= 0.6 is 0 Å². The summed E-state index contributed by atoms with van der Waals surface area (Å²) in [4.78, 5) is 29.6. The van der Waals surface area contributed by atoms with Gasteiger partial charge in [0.05, 0.1) is 19.1 Å². The van der Waals surface area contributed by atoms with Crippen molar-refractivity contribution in [1.82, 2.24) is 10.2 Å². The molecule has 2 amide bonds. The van der Waals surface area contributed by atoms with Gasteiger partial charge in [-0.25, -0.2) is 0 Å². The first kappa shape index (κ1) is 19.8. The molecule has 5 heteroatoms. The van der Waals surface area contributed by atoms with E-state index in [2.05, 4.69) is 5.32 Å². The van der Waals surface area contributed by atoms with Gasteiger partial charge in [0.1, 0.15) is 5.75 Å². The normalized spacial score (nSPS) is 30.8. The largest absolute Gasteiger partial charge is 0.497 e. The Labute approximate surface area is 189 Å². The number of hydrogen-bond donors (Lipinski definition) is 1. The van der Waals surface area contributed by atoms with Crippen molar-refractivity contribution in [2.24, 2.45) is 11.8 Å². The molecule has 2 aromatic carbocycles. The van der Waals surface area contributed by atoms with Crippen molar-refractivity contribution >= 4 is 11.8 Å². The van der Waals surface area contributed by atoms with Gasteiger partial charge in [-0.15, -0.1) is 0 Å². The first-order valence-corrected chi connectivity index (χ1v) is 12.0. The van der Waals surface area contributed by atoms with Crippen LogP contribution in [-0.2, 0) is 4.79 Å². The lowest BCUT2D eigenvalue weighted by molar-refractivity contribution is -0.125. The molecule has 3 fully saturated rings. The van der Waals surface area contributed by atoms with Gasteiger partial charge in [-0.05, 0) is 73.3 Å². The van der Waals surface area contributed by atoms with Crippen LogP contribution < -0.4 is 10.1 Å². The molecule has 0 aromatic heterocycles. The molecule has 0 spiro atoms. The first-order valence-electron chi connectivity index (χ1n) is 12.0. The summed E-state index contributed by atoms with van der Waals surface area (Å²) in [5.74, 6) is 1.80. The summed E-state index contributed by atoms with van der Waals surface area (Å²) in [6, 6.07) is 15.7. The third-order valence-corrected chi connectivity index (χ3v) is 8.10. The minimum absolute atomic E-state index is 0.0416. The summed E-state index contributed by atoms with van der Waals surface area (Å²) in [7, 11) is 1.65. The molecule has 1 aliphatic heterocycles. The van der Waals surface area contributed by atoms with Crippen molar-refractivity contribution in [2.45, 2.75) is 62.6 Å². The highest BCUT2D eigenvalue weighted by Gasteiger charge is 2.50. The molecule has 0 radical (unpaired) electrons. The Morgan fingerprint density at radius 1 is 1.03 bits per heavy atom. The highest BCUT2D eigenvalue weighted by molar-refractivity contribution is 6.01. The van der Waals surface area contributed by atoms with Gasteiger partial charge in [0, 0.05) is 17.6 Å². The summed E-state index contributed by atoms with van der Waals surface area (Å²) >= 11 is 0. The number of amides is 2. The van der Waals surface area contributed by atoms with Crippen LogP contribution in [0.5, 0.6) is 5.75 Å². The highest BCUT2D eigenvalue weighted by atomic mass is 16.5. The topological polar surface area (TPSA) is 58.6 Å². The van der Waals surface area contributed by atoms with Crippen molar-refractivity contribution in [3.63, 3.8) is 0 Å². The third kappa shape index (κ3) is 3.21. The zero-order valence-corrected chi connectivity index (χ0v) is 18.5. The molecule has 166 valence electrons. The second kappa shape index (κ2) is 7.65. The van der Waals surface area contributed by atoms with Gasteiger partial charge in [0.15, 0.2) is 0 Å². The molecule has 0 saturated heterocycles. The summed E-state index contributed by atoms with van der Waals surface area (Å²) in [6.45, 7) is 0. The molecule has 1 N–H and O–H groups in total. The molecule has 2 bridgehead atoms. The van der Waals surface area contributed by atoms with Crippen LogP contribution in [0.2, 0.25) is 0 Å². The van der Waals surface area contributed by atoms with Gasteiger partial charge < -0.3 is 15.0 Å². The monoisotopic (exact) mass is 430 g/mol. The van der Waals surface area contributed by atoms with Crippen LogP contribution in [-0.4, -0.2) is 35.9 Å². The van der Waals surface area contributed by atoms with Crippen LogP contribution in [0, 0.1) is 11.8 Å². The van der Waals surface area contributed by atoms with Crippen molar-refractivity contribution in [2.75, 3.05) is 7.11 Å². The van der Waals surface area contributed by atoms with Gasteiger partial charge in [0.25, 0.3) is 5.91 Å². The Balaban J connectivity index is 1.43. The van der Waals surface area contributed by atoms with E-state index < -0.39 is 5.92 Å². The van der Waals surface area contributed by atoms with E-state index in [1.807, 2.05) is 53.4 Å². The lowest BCUT2D eigenvalue weighted by Crippen LogP contribution is -2.50. The number of nitrogens with one attached hydrogen (secondary N) is 1. The molecular formula is C27H30N2O3. The maximum absolute atomic E-state index is 13.9. The van der Waals surface area contributed by atoms with Crippen LogP contribution in [0.1, 0.15) is 72.0 Å². The van der Waals surface area contributed by atoms with E-state index in [-0.39, 0.29) is 29.9 Å². The molecule has 2 aromatic rings. The minimum atomic E-state index is -0.421. The predicted octanol–water partition coefficient (Wildman–Crippen LogP) is 4.44. The number of ether oxygens (including phenoxy) is 1. The number of carbonyl (C=O) groups is 2. The molecular weight excluding hydrogens is 400 g/mol. The Hall–Kier alpha value is -2.82. The summed E-state index contributed by atoms with van der Waals surface area (Å²) in [5, 5.41) is 3.44. The molecule has 3 saturated carbocycles. The minimum Gasteiger partial charge on any atom is -0.497 e. The van der Waals surface area contributed by atoms with E-state index in [0.717, 1.165) is 42.1 Å². The molecule has 3 aliphatic carbocycles. The Morgan fingerprint density at radius 3 is 2.59 bits per heavy atom. The SMILES string of the molecule is COc1cccc([C@@H]2[C@@H](C(=O)N[C@@H]3C[C@H]4CC[C@H]3C4)c3ccccc3C(=O)N2C2CC2)c1. The first-order chi connectivity index (χ1) is 15.6. The fraction of sp³-hybridized carbons (Fsp3) is 0.481. The molecule has 32 heavy (non-hydrogen) atoms. The standard InChI is InChI=1S/C27H30N2O3/c1-32-20-6-4-5-18(15-20)25-24(26(30)28-23-14-16-9-10-17(23)13-16)21-7-2-3-8-22(21)27(31)29(25)19-11-12-19/h2-8,15-17,19,23-25H,9-14H2,1H3,(H,28,30)/t16-,17-,23+,24-,25+/m0/s1. The molecule has 0 unspecified atom stereocenters. The van der Waals surface area contributed by atoms with Gasteiger partial charge in [-0.2, -0.15) is 0 Å². The van der Waals surface area contributed by atoms with Crippen LogP contribution in [0.3, 0.4) is 0 Å². The number of nitrogens with zero attached hydrogens (tertiary/aromatic N) is 1. The third-order valence-electron chi connectivity index (χ3n) is 8.10. The number of methoxy groups -OCH3 is 1. The van der Waals surface area contributed by atoms with Crippen molar-refractivity contribution in [3.05, 3.63) is 65.2 Å². The van der Waals surface area contributed by atoms with E-state index >= 15 is 0 Å². The molecule has 5 atom stereocenters. The maximum Gasteiger partial charge on any atom is 0.254 e. The number of carbonyl (C=O) groups excluding carboxylic acids is 2.